The van der Waals surface area contributed by atoms with Crippen LogP contribution in [0.4, 0.5) is 11.7 Å². The minimum atomic E-state index is 0.415. The van der Waals surface area contributed by atoms with Crippen LogP contribution < -0.4 is 10.6 Å². The van der Waals surface area contributed by atoms with Crippen molar-refractivity contribution in [2.75, 3.05) is 23.7 Å². The summed E-state index contributed by atoms with van der Waals surface area (Å²) < 4.78 is 5.71. The fraction of sp³-hybridized carbons (Fsp3) is 0.385. The maximum atomic E-state index is 6.13. The molecular formula is C13H15ClN4O. The van der Waals surface area contributed by atoms with Crippen LogP contribution >= 0.6 is 11.6 Å². The summed E-state index contributed by atoms with van der Waals surface area (Å²) >= 11 is 6.13. The molecule has 5 nitrogen and oxygen atoms in total. The normalized spacial score (nSPS) is 15.7. The standard InChI is InChI=1S/C13H15ClN4O/c14-11-5-4-9(15)8-10(11)12-16-17-13(19-12)18-6-2-1-3-7-18/h4-5,8H,1-3,6-7,15H2. The van der Waals surface area contributed by atoms with Crippen molar-refractivity contribution in [3.05, 3.63) is 23.2 Å². The fourth-order valence-electron chi connectivity index (χ4n) is 2.24. The second kappa shape index (κ2) is 5.09. The molecule has 1 aromatic heterocycles. The van der Waals surface area contributed by atoms with Gasteiger partial charge in [0.25, 0.3) is 5.89 Å². The van der Waals surface area contributed by atoms with E-state index >= 15 is 0 Å². The largest absolute Gasteiger partial charge is 0.403 e. The van der Waals surface area contributed by atoms with Gasteiger partial charge in [0.05, 0.1) is 10.6 Å². The molecule has 100 valence electrons. The second-order valence-corrected chi connectivity index (χ2v) is 5.08. The maximum Gasteiger partial charge on any atom is 0.318 e. The number of rotatable bonds is 2. The minimum absolute atomic E-state index is 0.415. The smallest absolute Gasteiger partial charge is 0.318 e. The van der Waals surface area contributed by atoms with Gasteiger partial charge >= 0.3 is 6.01 Å². The lowest BCUT2D eigenvalue weighted by molar-refractivity contribution is 0.498. The van der Waals surface area contributed by atoms with E-state index in [-0.39, 0.29) is 0 Å². The average Bonchev–Trinajstić information content (AvgIpc) is 2.92. The molecule has 3 rings (SSSR count). The van der Waals surface area contributed by atoms with E-state index in [0.717, 1.165) is 25.9 Å². The highest BCUT2D eigenvalue weighted by Crippen LogP contribution is 2.30. The zero-order chi connectivity index (χ0) is 13.2. The van der Waals surface area contributed by atoms with Crippen LogP contribution in [0.3, 0.4) is 0 Å². The summed E-state index contributed by atoms with van der Waals surface area (Å²) in [7, 11) is 0. The Morgan fingerprint density at radius 1 is 1.16 bits per heavy atom. The Bertz CT molecular complexity index is 578. The monoisotopic (exact) mass is 278 g/mol. The lowest BCUT2D eigenvalue weighted by Crippen LogP contribution is -2.29. The topological polar surface area (TPSA) is 68.2 Å². The summed E-state index contributed by atoms with van der Waals surface area (Å²) in [5.74, 6) is 0.415. The van der Waals surface area contributed by atoms with Gasteiger partial charge in [0.1, 0.15) is 0 Å². The maximum absolute atomic E-state index is 6.13. The summed E-state index contributed by atoms with van der Waals surface area (Å²) in [4.78, 5) is 2.11. The number of nitrogen functional groups attached to an aromatic ring is 1. The van der Waals surface area contributed by atoms with Gasteiger partial charge < -0.3 is 15.1 Å². The molecule has 2 aromatic rings. The zero-order valence-corrected chi connectivity index (χ0v) is 11.2. The Balaban J connectivity index is 1.89. The van der Waals surface area contributed by atoms with Gasteiger partial charge in [0.15, 0.2) is 0 Å². The Kier molecular flexibility index (Phi) is 3.29. The number of halogens is 1. The van der Waals surface area contributed by atoms with E-state index in [2.05, 4.69) is 15.1 Å². The van der Waals surface area contributed by atoms with Crippen molar-refractivity contribution < 1.29 is 4.42 Å². The number of nitrogens with zero attached hydrogens (tertiary/aromatic N) is 3. The van der Waals surface area contributed by atoms with Gasteiger partial charge in [-0.15, -0.1) is 5.10 Å². The summed E-state index contributed by atoms with van der Waals surface area (Å²) in [6.07, 6.45) is 3.59. The van der Waals surface area contributed by atoms with Crippen molar-refractivity contribution in [2.24, 2.45) is 0 Å². The lowest BCUT2D eigenvalue weighted by atomic mass is 10.1. The average molecular weight is 279 g/mol. The molecule has 0 bridgehead atoms. The van der Waals surface area contributed by atoms with Gasteiger partial charge in [0, 0.05) is 18.8 Å². The van der Waals surface area contributed by atoms with Crippen LogP contribution in [-0.4, -0.2) is 23.3 Å². The quantitative estimate of drug-likeness (QED) is 0.856. The van der Waals surface area contributed by atoms with Crippen LogP contribution in [0.5, 0.6) is 0 Å². The minimum Gasteiger partial charge on any atom is -0.403 e. The third-order valence-corrected chi connectivity index (χ3v) is 3.59. The van der Waals surface area contributed by atoms with Crippen LogP contribution in [0.25, 0.3) is 11.5 Å². The summed E-state index contributed by atoms with van der Waals surface area (Å²) in [6, 6.07) is 5.79. The number of aromatic nitrogens is 2. The molecule has 1 aromatic carbocycles. The Hall–Kier alpha value is -1.75. The molecule has 0 amide bonds. The van der Waals surface area contributed by atoms with Crippen LogP contribution in [0.1, 0.15) is 19.3 Å². The molecule has 2 heterocycles. The zero-order valence-electron chi connectivity index (χ0n) is 10.5. The van der Waals surface area contributed by atoms with Gasteiger partial charge in [-0.05, 0) is 37.5 Å². The third kappa shape index (κ3) is 2.51. The van der Waals surface area contributed by atoms with E-state index in [0.29, 0.717) is 28.2 Å². The molecule has 0 saturated carbocycles. The Morgan fingerprint density at radius 2 is 1.95 bits per heavy atom. The van der Waals surface area contributed by atoms with Crippen LogP contribution in [0, 0.1) is 0 Å². The number of hydrogen-bond donors (Lipinski definition) is 1. The van der Waals surface area contributed by atoms with E-state index in [4.69, 9.17) is 21.8 Å². The van der Waals surface area contributed by atoms with Gasteiger partial charge in [-0.3, -0.25) is 0 Å². The molecule has 0 spiro atoms. The first-order valence-corrected chi connectivity index (χ1v) is 6.76. The Morgan fingerprint density at radius 3 is 2.74 bits per heavy atom. The first kappa shape index (κ1) is 12.3. The van der Waals surface area contributed by atoms with Gasteiger partial charge in [-0.1, -0.05) is 16.7 Å². The molecule has 0 radical (unpaired) electrons. The predicted molar refractivity (Wildman–Crippen MR) is 75.2 cm³/mol. The summed E-state index contributed by atoms with van der Waals surface area (Å²) in [5, 5.41) is 8.72. The summed E-state index contributed by atoms with van der Waals surface area (Å²) in [5.41, 5.74) is 7.06. The van der Waals surface area contributed by atoms with Crippen molar-refractivity contribution in [3.63, 3.8) is 0 Å². The molecule has 2 N–H and O–H groups in total. The van der Waals surface area contributed by atoms with Crippen molar-refractivity contribution in [3.8, 4) is 11.5 Å². The van der Waals surface area contributed by atoms with E-state index < -0.39 is 0 Å². The van der Waals surface area contributed by atoms with E-state index in [9.17, 15) is 0 Å². The van der Waals surface area contributed by atoms with E-state index in [1.54, 1.807) is 18.2 Å². The molecular weight excluding hydrogens is 264 g/mol. The van der Waals surface area contributed by atoms with Crippen molar-refractivity contribution in [1.82, 2.24) is 10.2 Å². The SMILES string of the molecule is Nc1ccc(Cl)c(-c2nnc(N3CCCCC3)o2)c1. The van der Waals surface area contributed by atoms with Crippen molar-refractivity contribution in [2.45, 2.75) is 19.3 Å². The predicted octanol–water partition coefficient (Wildman–Crippen LogP) is 2.96. The van der Waals surface area contributed by atoms with Gasteiger partial charge in [-0.2, -0.15) is 0 Å². The molecule has 0 aliphatic carbocycles. The number of benzene rings is 1. The second-order valence-electron chi connectivity index (χ2n) is 4.68. The fourth-order valence-corrected chi connectivity index (χ4v) is 2.44. The molecule has 1 aliphatic rings. The van der Waals surface area contributed by atoms with Crippen LogP contribution in [0.2, 0.25) is 5.02 Å². The van der Waals surface area contributed by atoms with Crippen LogP contribution in [0.15, 0.2) is 22.6 Å². The molecule has 1 saturated heterocycles. The number of nitrogens with two attached hydrogens (primary N) is 1. The third-order valence-electron chi connectivity index (χ3n) is 3.26. The molecule has 19 heavy (non-hydrogen) atoms. The first-order valence-electron chi connectivity index (χ1n) is 6.38. The van der Waals surface area contributed by atoms with Gasteiger partial charge in [0.2, 0.25) is 0 Å². The Labute approximate surface area is 116 Å². The number of hydrogen-bond acceptors (Lipinski definition) is 5. The van der Waals surface area contributed by atoms with Crippen LogP contribution in [-0.2, 0) is 0 Å². The molecule has 6 heteroatoms. The van der Waals surface area contributed by atoms with E-state index in [1.807, 2.05) is 0 Å². The summed E-state index contributed by atoms with van der Waals surface area (Å²) in [6.45, 7) is 1.93. The highest BCUT2D eigenvalue weighted by Gasteiger charge is 2.18. The molecule has 0 atom stereocenters. The lowest BCUT2D eigenvalue weighted by Gasteiger charge is -2.24. The molecule has 1 fully saturated rings. The molecule has 1 aliphatic heterocycles. The van der Waals surface area contributed by atoms with Crippen molar-refractivity contribution in [1.29, 1.82) is 0 Å². The number of piperidine rings is 1. The van der Waals surface area contributed by atoms with E-state index in [1.165, 1.54) is 6.42 Å². The van der Waals surface area contributed by atoms with Crippen molar-refractivity contribution >= 4 is 23.3 Å². The molecule has 0 unspecified atom stereocenters. The highest BCUT2D eigenvalue weighted by molar-refractivity contribution is 6.33. The first-order chi connectivity index (χ1) is 9.24. The highest BCUT2D eigenvalue weighted by atomic mass is 35.5. The van der Waals surface area contributed by atoms with Gasteiger partial charge in [-0.25, -0.2) is 0 Å². The number of anilines is 2.